The average Bonchev–Trinajstić information content (AvgIpc) is 2.29. The summed E-state index contributed by atoms with van der Waals surface area (Å²) >= 11 is 0. The van der Waals surface area contributed by atoms with Crippen LogP contribution in [0.15, 0.2) is 18.2 Å². The van der Waals surface area contributed by atoms with E-state index in [2.05, 4.69) is 0 Å². The van der Waals surface area contributed by atoms with E-state index in [0.717, 1.165) is 0 Å². The normalized spacial score (nSPS) is 11.9. The van der Waals surface area contributed by atoms with Gasteiger partial charge in [0.15, 0.2) is 17.6 Å². The lowest BCUT2D eigenvalue weighted by atomic mass is 10.2. The molecule has 5 nitrogen and oxygen atoms in total. The Kier molecular flexibility index (Phi) is 4.13. The quantitative estimate of drug-likeness (QED) is 0.784. The minimum Gasteiger partial charge on any atom is -0.493 e. The number of aliphatic hydroxyl groups is 1. The molecule has 1 rings (SSSR count). The Morgan fingerprint density at radius 2 is 2.12 bits per heavy atom. The van der Waals surface area contributed by atoms with Crippen LogP contribution in [0.3, 0.4) is 0 Å². The maximum Gasteiger partial charge on any atom is 0.344 e. The van der Waals surface area contributed by atoms with Crippen molar-refractivity contribution in [2.45, 2.75) is 19.6 Å². The van der Waals surface area contributed by atoms with Crippen molar-refractivity contribution in [3.63, 3.8) is 0 Å². The van der Waals surface area contributed by atoms with Crippen LogP contribution in [0.25, 0.3) is 0 Å². The van der Waals surface area contributed by atoms with Crippen molar-refractivity contribution in [1.29, 1.82) is 0 Å². The van der Waals surface area contributed by atoms with E-state index >= 15 is 0 Å². The number of benzene rings is 1. The number of hydrogen-bond donors (Lipinski definition) is 2. The lowest BCUT2D eigenvalue weighted by Crippen LogP contribution is -2.23. The highest BCUT2D eigenvalue weighted by Crippen LogP contribution is 2.28. The highest BCUT2D eigenvalue weighted by Gasteiger charge is 2.15. The van der Waals surface area contributed by atoms with Gasteiger partial charge in [0, 0.05) is 0 Å². The molecular formula is C11H14O5. The number of ether oxygens (including phenoxy) is 2. The van der Waals surface area contributed by atoms with E-state index in [1.54, 1.807) is 18.2 Å². The highest BCUT2D eigenvalue weighted by atomic mass is 16.5. The predicted octanol–water partition coefficient (Wildman–Crippen LogP) is 1.04. The largest absolute Gasteiger partial charge is 0.493 e. The molecular weight excluding hydrogens is 212 g/mol. The van der Waals surface area contributed by atoms with E-state index in [9.17, 15) is 4.79 Å². The van der Waals surface area contributed by atoms with Gasteiger partial charge in [0.25, 0.3) is 0 Å². The van der Waals surface area contributed by atoms with Gasteiger partial charge in [-0.05, 0) is 24.6 Å². The van der Waals surface area contributed by atoms with Crippen molar-refractivity contribution >= 4 is 5.97 Å². The minimum absolute atomic E-state index is 0.106. The summed E-state index contributed by atoms with van der Waals surface area (Å²) in [4.78, 5) is 10.6. The molecule has 0 amide bonds. The number of rotatable bonds is 5. The van der Waals surface area contributed by atoms with Gasteiger partial charge in [-0.3, -0.25) is 0 Å². The third kappa shape index (κ3) is 2.87. The molecule has 0 heterocycles. The van der Waals surface area contributed by atoms with Crippen LogP contribution >= 0.6 is 0 Å². The topological polar surface area (TPSA) is 76.0 Å². The summed E-state index contributed by atoms with van der Waals surface area (Å²) in [6, 6.07) is 4.82. The van der Waals surface area contributed by atoms with Crippen LogP contribution in [0.5, 0.6) is 11.5 Å². The average molecular weight is 226 g/mol. The molecule has 0 aliphatic heterocycles. The Morgan fingerprint density at radius 3 is 2.62 bits per heavy atom. The molecule has 1 aromatic carbocycles. The van der Waals surface area contributed by atoms with Crippen molar-refractivity contribution in [1.82, 2.24) is 0 Å². The molecule has 0 bridgehead atoms. The smallest absolute Gasteiger partial charge is 0.344 e. The third-order valence-corrected chi connectivity index (χ3v) is 2.06. The molecule has 0 fully saturated rings. The van der Waals surface area contributed by atoms with Crippen LogP contribution < -0.4 is 9.47 Å². The molecule has 16 heavy (non-hydrogen) atoms. The van der Waals surface area contributed by atoms with Crippen LogP contribution in [-0.4, -0.2) is 29.4 Å². The van der Waals surface area contributed by atoms with Crippen molar-refractivity contribution < 1.29 is 24.5 Å². The van der Waals surface area contributed by atoms with E-state index in [-0.39, 0.29) is 6.61 Å². The second kappa shape index (κ2) is 5.37. The van der Waals surface area contributed by atoms with E-state index in [1.165, 1.54) is 14.0 Å². The van der Waals surface area contributed by atoms with Gasteiger partial charge in [-0.15, -0.1) is 0 Å². The Hall–Kier alpha value is -1.75. The zero-order chi connectivity index (χ0) is 12.1. The van der Waals surface area contributed by atoms with Gasteiger partial charge in [0.05, 0.1) is 13.7 Å². The zero-order valence-corrected chi connectivity index (χ0v) is 9.14. The highest BCUT2D eigenvalue weighted by molar-refractivity contribution is 5.72. The van der Waals surface area contributed by atoms with Gasteiger partial charge in [-0.2, -0.15) is 0 Å². The zero-order valence-electron chi connectivity index (χ0n) is 9.14. The van der Waals surface area contributed by atoms with Gasteiger partial charge >= 0.3 is 5.97 Å². The number of hydrogen-bond acceptors (Lipinski definition) is 4. The van der Waals surface area contributed by atoms with Crippen molar-refractivity contribution in [2.75, 3.05) is 7.11 Å². The molecule has 1 aromatic rings. The summed E-state index contributed by atoms with van der Waals surface area (Å²) in [7, 11) is 1.45. The first-order valence-corrected chi connectivity index (χ1v) is 4.75. The fourth-order valence-electron chi connectivity index (χ4n) is 1.15. The molecule has 5 heteroatoms. The maximum atomic E-state index is 10.6. The fraction of sp³-hybridized carbons (Fsp3) is 0.364. The summed E-state index contributed by atoms with van der Waals surface area (Å²) in [5.74, 6) is -0.303. The van der Waals surface area contributed by atoms with Gasteiger partial charge in [0.1, 0.15) is 0 Å². The van der Waals surface area contributed by atoms with Gasteiger partial charge in [0.2, 0.25) is 0 Å². The van der Waals surface area contributed by atoms with Crippen molar-refractivity contribution in [3.8, 4) is 11.5 Å². The van der Waals surface area contributed by atoms with E-state index < -0.39 is 12.1 Å². The number of aliphatic hydroxyl groups excluding tert-OH is 1. The Balaban J connectivity index is 2.91. The van der Waals surface area contributed by atoms with Crippen LogP contribution in [0.2, 0.25) is 0 Å². The Labute approximate surface area is 93.2 Å². The maximum absolute atomic E-state index is 10.6. The predicted molar refractivity (Wildman–Crippen MR) is 56.6 cm³/mol. The van der Waals surface area contributed by atoms with Crippen molar-refractivity contribution in [3.05, 3.63) is 23.8 Å². The lowest BCUT2D eigenvalue weighted by molar-refractivity contribution is -0.144. The Morgan fingerprint density at radius 1 is 1.44 bits per heavy atom. The number of carboxylic acids is 1. The third-order valence-electron chi connectivity index (χ3n) is 2.06. The summed E-state index contributed by atoms with van der Waals surface area (Å²) in [5.41, 5.74) is 0.673. The number of aliphatic carboxylic acids is 1. The molecule has 0 aliphatic rings. The van der Waals surface area contributed by atoms with Crippen molar-refractivity contribution in [2.24, 2.45) is 0 Å². The van der Waals surface area contributed by atoms with Gasteiger partial charge < -0.3 is 19.7 Å². The summed E-state index contributed by atoms with van der Waals surface area (Å²) < 4.78 is 10.2. The number of carboxylic acid groups (broad SMARTS) is 1. The number of carbonyl (C=O) groups is 1. The molecule has 0 aromatic heterocycles. The van der Waals surface area contributed by atoms with Crippen LogP contribution in [0, 0.1) is 0 Å². The van der Waals surface area contributed by atoms with E-state index in [4.69, 9.17) is 19.7 Å². The molecule has 88 valence electrons. The monoisotopic (exact) mass is 226 g/mol. The van der Waals surface area contributed by atoms with Crippen LogP contribution in [0.4, 0.5) is 0 Å². The molecule has 0 spiro atoms. The standard InChI is InChI=1S/C11H14O5/c1-7(11(13)14)16-9-4-3-8(6-12)5-10(9)15-2/h3-5,7,12H,6H2,1-2H3,(H,13,14)/t7-/m0/s1. The number of methoxy groups -OCH3 is 1. The van der Waals surface area contributed by atoms with Gasteiger partial charge in [-0.25, -0.2) is 4.79 Å². The summed E-state index contributed by atoms with van der Waals surface area (Å²) in [5, 5.41) is 17.6. The SMILES string of the molecule is COc1cc(CO)ccc1O[C@@H](C)C(=O)O. The van der Waals surface area contributed by atoms with E-state index in [1.807, 2.05) is 0 Å². The second-order valence-corrected chi connectivity index (χ2v) is 3.24. The first-order chi connectivity index (χ1) is 7.58. The second-order valence-electron chi connectivity index (χ2n) is 3.24. The van der Waals surface area contributed by atoms with Crippen LogP contribution in [0.1, 0.15) is 12.5 Å². The lowest BCUT2D eigenvalue weighted by Gasteiger charge is -2.14. The minimum atomic E-state index is -1.05. The Bertz CT molecular complexity index is 375. The summed E-state index contributed by atoms with van der Waals surface area (Å²) in [6.45, 7) is 1.33. The molecule has 1 atom stereocenters. The molecule has 0 saturated heterocycles. The molecule has 0 saturated carbocycles. The fourth-order valence-corrected chi connectivity index (χ4v) is 1.15. The molecule has 0 aliphatic carbocycles. The summed E-state index contributed by atoms with van der Waals surface area (Å²) in [6.07, 6.45) is -0.950. The first-order valence-electron chi connectivity index (χ1n) is 4.75. The van der Waals surface area contributed by atoms with E-state index in [0.29, 0.717) is 17.1 Å². The molecule has 2 N–H and O–H groups in total. The first kappa shape index (κ1) is 12.3. The molecule has 0 radical (unpaired) electrons. The molecule has 0 unspecified atom stereocenters. The van der Waals surface area contributed by atoms with Crippen LogP contribution in [-0.2, 0) is 11.4 Å². The van der Waals surface area contributed by atoms with Gasteiger partial charge in [-0.1, -0.05) is 6.07 Å².